The van der Waals surface area contributed by atoms with Crippen molar-refractivity contribution in [3.63, 3.8) is 0 Å². The van der Waals surface area contributed by atoms with Crippen LogP contribution >= 0.6 is 0 Å². The Balaban J connectivity index is 0.000000497. The van der Waals surface area contributed by atoms with Crippen molar-refractivity contribution < 1.29 is 9.15 Å². The number of furan rings is 1. The van der Waals surface area contributed by atoms with Crippen molar-refractivity contribution in [1.82, 2.24) is 4.98 Å². The van der Waals surface area contributed by atoms with Crippen molar-refractivity contribution >= 4 is 22.9 Å². The summed E-state index contributed by atoms with van der Waals surface area (Å²) in [6.45, 7) is 13.3. The molecular weight excluding hydrogens is 264 g/mol. The molecule has 2 aromatic rings. The van der Waals surface area contributed by atoms with Crippen molar-refractivity contribution in [3.05, 3.63) is 30.2 Å². The minimum atomic E-state index is 0.762. The molecule has 0 bridgehead atoms. The highest BCUT2D eigenvalue weighted by Crippen LogP contribution is 2.30. The van der Waals surface area contributed by atoms with Crippen LogP contribution in [-0.4, -0.2) is 31.3 Å². The molecule has 0 radical (unpaired) electrons. The smallest absolute Gasteiger partial charge is 0.176 e. The average Bonchev–Trinajstić information content (AvgIpc) is 2.91. The Morgan fingerprint density at radius 1 is 1.29 bits per heavy atom. The molecule has 3 heterocycles. The molecule has 21 heavy (non-hydrogen) atoms. The van der Waals surface area contributed by atoms with Gasteiger partial charge in [0, 0.05) is 24.8 Å². The highest BCUT2D eigenvalue weighted by atomic mass is 16.5. The third-order valence-electron chi connectivity index (χ3n) is 3.16. The number of morpholine rings is 1. The predicted octanol–water partition coefficient (Wildman–Crippen LogP) is 4.03. The summed E-state index contributed by atoms with van der Waals surface area (Å²) >= 11 is 0. The zero-order valence-corrected chi connectivity index (χ0v) is 13.2. The zero-order chi connectivity index (χ0) is 15.2. The second kappa shape index (κ2) is 7.27. The van der Waals surface area contributed by atoms with Crippen molar-refractivity contribution in [2.75, 3.05) is 31.2 Å². The minimum absolute atomic E-state index is 0.762. The van der Waals surface area contributed by atoms with Gasteiger partial charge >= 0.3 is 0 Å². The second-order valence-electron chi connectivity index (χ2n) is 5.16. The Bertz CT molecular complexity index is 598. The van der Waals surface area contributed by atoms with Gasteiger partial charge in [0.25, 0.3) is 0 Å². The largest absolute Gasteiger partial charge is 0.453 e. The van der Waals surface area contributed by atoms with E-state index < -0.39 is 0 Å². The number of ether oxygens (including phenoxy) is 1. The maximum Gasteiger partial charge on any atom is 0.176 e. The molecule has 0 atom stereocenters. The van der Waals surface area contributed by atoms with Crippen molar-refractivity contribution in [1.29, 1.82) is 0 Å². The maximum absolute atomic E-state index is 5.79. The average molecular weight is 288 g/mol. The first kappa shape index (κ1) is 15.6. The van der Waals surface area contributed by atoms with Gasteiger partial charge in [-0.25, -0.2) is 4.98 Å². The molecule has 1 fully saturated rings. The molecule has 0 spiro atoms. The molecule has 1 aliphatic heterocycles. The lowest BCUT2D eigenvalue weighted by Gasteiger charge is -2.28. The molecular formula is C17H24N2O2. The minimum Gasteiger partial charge on any atom is -0.453 e. The van der Waals surface area contributed by atoms with Crippen LogP contribution in [0.4, 0.5) is 5.69 Å². The summed E-state index contributed by atoms with van der Waals surface area (Å²) in [7, 11) is 0. The van der Waals surface area contributed by atoms with Gasteiger partial charge in [-0.05, 0) is 19.1 Å². The normalized spacial score (nSPS) is 14.7. The third kappa shape index (κ3) is 3.64. The van der Waals surface area contributed by atoms with Crippen LogP contribution in [-0.2, 0) is 4.74 Å². The number of rotatable bonds is 2. The molecule has 4 heteroatoms. The van der Waals surface area contributed by atoms with E-state index in [2.05, 4.69) is 36.4 Å². The van der Waals surface area contributed by atoms with E-state index in [-0.39, 0.29) is 0 Å². The number of hydrogen-bond donors (Lipinski definition) is 0. The van der Waals surface area contributed by atoms with Gasteiger partial charge in [0.2, 0.25) is 0 Å². The van der Waals surface area contributed by atoms with Crippen LogP contribution in [0.3, 0.4) is 0 Å². The Morgan fingerprint density at radius 2 is 1.95 bits per heavy atom. The first-order valence-corrected chi connectivity index (χ1v) is 7.55. The number of aryl methyl sites for hydroxylation is 1. The van der Waals surface area contributed by atoms with Gasteiger partial charge in [-0.2, -0.15) is 0 Å². The van der Waals surface area contributed by atoms with Gasteiger partial charge in [-0.3, -0.25) is 0 Å². The van der Waals surface area contributed by atoms with Gasteiger partial charge < -0.3 is 14.1 Å². The zero-order valence-electron chi connectivity index (χ0n) is 13.2. The fourth-order valence-corrected chi connectivity index (χ4v) is 2.29. The summed E-state index contributed by atoms with van der Waals surface area (Å²) in [5.74, 6) is 0.762. The van der Waals surface area contributed by atoms with Crippen LogP contribution in [0.15, 0.2) is 23.1 Å². The summed E-state index contributed by atoms with van der Waals surface area (Å²) in [5.41, 5.74) is 3.85. The number of fused-ring (bicyclic) bond motifs is 1. The van der Waals surface area contributed by atoms with Crippen LogP contribution < -0.4 is 4.90 Å². The topological polar surface area (TPSA) is 38.5 Å². The predicted molar refractivity (Wildman–Crippen MR) is 87.8 cm³/mol. The van der Waals surface area contributed by atoms with E-state index in [1.807, 2.05) is 13.0 Å². The molecule has 0 N–H and O–H groups in total. The summed E-state index contributed by atoms with van der Waals surface area (Å²) in [5, 5.41) is 0. The highest BCUT2D eigenvalue weighted by Gasteiger charge is 2.17. The Hall–Kier alpha value is -1.81. The van der Waals surface area contributed by atoms with Crippen molar-refractivity contribution in [2.45, 2.75) is 27.2 Å². The van der Waals surface area contributed by atoms with Gasteiger partial charge in [0.15, 0.2) is 5.58 Å². The maximum atomic E-state index is 5.79. The van der Waals surface area contributed by atoms with E-state index in [9.17, 15) is 0 Å². The number of anilines is 1. The fraction of sp³-hybridized carbons (Fsp3) is 0.471. The quantitative estimate of drug-likeness (QED) is 0.836. The van der Waals surface area contributed by atoms with Gasteiger partial charge in [0.1, 0.15) is 11.3 Å². The number of nitrogens with zero attached hydrogens (tertiary/aromatic N) is 2. The first-order chi connectivity index (χ1) is 10.2. The lowest BCUT2D eigenvalue weighted by Crippen LogP contribution is -2.36. The van der Waals surface area contributed by atoms with E-state index in [4.69, 9.17) is 9.15 Å². The number of hydrogen-bond acceptors (Lipinski definition) is 4. The molecule has 3 rings (SSSR count). The third-order valence-corrected chi connectivity index (χ3v) is 3.16. The van der Waals surface area contributed by atoms with E-state index in [1.165, 1.54) is 6.42 Å². The van der Waals surface area contributed by atoms with Crippen LogP contribution in [0.1, 0.15) is 31.7 Å². The Labute approximate surface area is 126 Å². The molecule has 0 aliphatic carbocycles. The van der Waals surface area contributed by atoms with Gasteiger partial charge in [-0.1, -0.05) is 26.8 Å². The molecule has 1 aliphatic rings. The Morgan fingerprint density at radius 3 is 2.57 bits per heavy atom. The molecule has 114 valence electrons. The molecule has 0 aromatic carbocycles. The molecule has 0 unspecified atom stereocenters. The molecule has 4 nitrogen and oxygen atoms in total. The van der Waals surface area contributed by atoms with Crippen molar-refractivity contribution in [2.24, 2.45) is 0 Å². The molecule has 2 aromatic heterocycles. The summed E-state index contributed by atoms with van der Waals surface area (Å²) in [6.07, 6.45) is 2.96. The molecule has 1 saturated heterocycles. The van der Waals surface area contributed by atoms with Crippen molar-refractivity contribution in [3.8, 4) is 0 Å². The van der Waals surface area contributed by atoms with E-state index in [0.29, 0.717) is 0 Å². The van der Waals surface area contributed by atoms with Gasteiger partial charge in [0.05, 0.1) is 18.9 Å². The van der Waals surface area contributed by atoms with Crippen LogP contribution in [0.5, 0.6) is 0 Å². The van der Waals surface area contributed by atoms with Crippen LogP contribution in [0.2, 0.25) is 0 Å². The number of pyridine rings is 1. The summed E-state index contributed by atoms with van der Waals surface area (Å²) < 4.78 is 11.2. The number of aromatic nitrogens is 1. The van der Waals surface area contributed by atoms with Crippen LogP contribution in [0.25, 0.3) is 17.2 Å². The fourth-order valence-electron chi connectivity index (χ4n) is 2.29. The van der Waals surface area contributed by atoms with Crippen LogP contribution in [0, 0.1) is 6.92 Å². The molecule has 0 saturated carbocycles. The highest BCUT2D eigenvalue weighted by molar-refractivity contribution is 5.88. The SMILES string of the molecule is C=Cc1cc2nc(C)cc(N3CCOCC3)c2o1.CCC. The van der Waals surface area contributed by atoms with E-state index >= 15 is 0 Å². The Kier molecular flexibility index (Phi) is 5.39. The lowest BCUT2D eigenvalue weighted by molar-refractivity contribution is 0.122. The summed E-state index contributed by atoms with van der Waals surface area (Å²) in [6, 6.07) is 4.00. The molecule has 0 amide bonds. The first-order valence-electron chi connectivity index (χ1n) is 7.55. The lowest BCUT2D eigenvalue weighted by atomic mass is 10.2. The van der Waals surface area contributed by atoms with Gasteiger partial charge in [-0.15, -0.1) is 0 Å². The van der Waals surface area contributed by atoms with E-state index in [1.54, 1.807) is 6.08 Å². The van der Waals surface area contributed by atoms with E-state index in [0.717, 1.165) is 54.5 Å². The summed E-state index contributed by atoms with van der Waals surface area (Å²) in [4.78, 5) is 6.79. The second-order valence-corrected chi connectivity index (χ2v) is 5.16. The standard InChI is InChI=1S/C14H16N2O2.C3H8/c1-3-11-9-12-14(18-11)13(8-10(2)15-12)16-4-6-17-7-5-16;1-3-2/h3,8-9H,1,4-7H2,2H3;3H2,1-2H3. The monoisotopic (exact) mass is 288 g/mol.